The minimum atomic E-state index is 0.179. The van der Waals surface area contributed by atoms with Crippen LogP contribution in [0.1, 0.15) is 38.5 Å². The summed E-state index contributed by atoms with van der Waals surface area (Å²) in [6.45, 7) is 4.01. The Bertz CT molecular complexity index is 626. The molecule has 0 spiro atoms. The van der Waals surface area contributed by atoms with Gasteiger partial charge in [0, 0.05) is 45.0 Å². The maximum Gasteiger partial charge on any atom is 0.227 e. The molecule has 142 valence electrons. The van der Waals surface area contributed by atoms with Gasteiger partial charge in [-0.3, -0.25) is 9.69 Å². The van der Waals surface area contributed by atoms with Gasteiger partial charge in [0.1, 0.15) is 5.82 Å². The first-order valence-corrected chi connectivity index (χ1v) is 10.0. The second-order valence-corrected chi connectivity index (χ2v) is 7.83. The molecule has 3 fully saturated rings. The van der Waals surface area contributed by atoms with Crippen molar-refractivity contribution in [3.05, 3.63) is 12.3 Å². The summed E-state index contributed by atoms with van der Waals surface area (Å²) < 4.78 is 0. The molecule has 2 aliphatic heterocycles. The van der Waals surface area contributed by atoms with Crippen molar-refractivity contribution in [2.45, 2.75) is 50.6 Å². The lowest BCUT2D eigenvalue weighted by atomic mass is 9.93. The van der Waals surface area contributed by atoms with Gasteiger partial charge in [-0.25, -0.2) is 4.98 Å². The van der Waals surface area contributed by atoms with Gasteiger partial charge < -0.3 is 15.5 Å². The summed E-state index contributed by atoms with van der Waals surface area (Å²) in [6, 6.07) is 2.93. The molecule has 1 aromatic rings. The molecule has 2 saturated heterocycles. The van der Waals surface area contributed by atoms with E-state index in [1.54, 1.807) is 0 Å². The first-order chi connectivity index (χ1) is 12.7. The topological polar surface area (TPSA) is 73.4 Å². The second-order valence-electron chi connectivity index (χ2n) is 7.83. The summed E-state index contributed by atoms with van der Waals surface area (Å²) in [4.78, 5) is 26.2. The van der Waals surface area contributed by atoms with Crippen LogP contribution in [-0.4, -0.2) is 66.1 Å². The van der Waals surface area contributed by atoms with Crippen LogP contribution < -0.4 is 15.5 Å². The van der Waals surface area contributed by atoms with Gasteiger partial charge in [-0.05, 0) is 51.1 Å². The highest BCUT2D eigenvalue weighted by Gasteiger charge is 2.34. The average molecular weight is 358 g/mol. The molecule has 1 aromatic heterocycles. The largest absolute Gasteiger partial charge is 0.373 e. The first-order valence-electron chi connectivity index (χ1n) is 10.0. The van der Waals surface area contributed by atoms with Crippen LogP contribution in [0.4, 0.5) is 11.8 Å². The quantitative estimate of drug-likeness (QED) is 0.831. The fourth-order valence-electron chi connectivity index (χ4n) is 4.17. The van der Waals surface area contributed by atoms with Crippen molar-refractivity contribution in [3.8, 4) is 0 Å². The molecule has 0 bridgehead atoms. The van der Waals surface area contributed by atoms with Gasteiger partial charge in [-0.2, -0.15) is 4.98 Å². The van der Waals surface area contributed by atoms with E-state index in [9.17, 15) is 4.79 Å². The fourth-order valence-corrected chi connectivity index (χ4v) is 4.17. The highest BCUT2D eigenvalue weighted by molar-refractivity contribution is 5.79. The zero-order valence-electron chi connectivity index (χ0n) is 15.7. The molecular weight excluding hydrogens is 328 g/mol. The Hall–Kier alpha value is -1.89. The summed E-state index contributed by atoms with van der Waals surface area (Å²) in [7, 11) is 1.88. The van der Waals surface area contributed by atoms with Crippen LogP contribution in [-0.2, 0) is 4.79 Å². The van der Waals surface area contributed by atoms with Gasteiger partial charge in [0.05, 0.1) is 5.92 Å². The Labute approximate surface area is 155 Å². The van der Waals surface area contributed by atoms with Crippen molar-refractivity contribution < 1.29 is 4.79 Å². The normalized spacial score (nSPS) is 25.1. The molecule has 1 atom stereocenters. The number of nitrogens with zero attached hydrogens (tertiary/aromatic N) is 4. The Morgan fingerprint density at radius 3 is 2.69 bits per heavy atom. The zero-order chi connectivity index (χ0) is 17.9. The number of anilines is 2. The third-order valence-electron chi connectivity index (χ3n) is 5.91. The number of amides is 1. The van der Waals surface area contributed by atoms with Crippen LogP contribution in [0.25, 0.3) is 0 Å². The summed E-state index contributed by atoms with van der Waals surface area (Å²) in [5.41, 5.74) is 0. The number of carbonyl (C=O) groups is 1. The minimum Gasteiger partial charge on any atom is -0.373 e. The van der Waals surface area contributed by atoms with E-state index in [1.807, 2.05) is 19.3 Å². The molecule has 3 aliphatic rings. The number of carbonyl (C=O) groups excluding carboxylic acids is 1. The lowest BCUT2D eigenvalue weighted by Gasteiger charge is -2.42. The van der Waals surface area contributed by atoms with Gasteiger partial charge in [0.25, 0.3) is 0 Å². The monoisotopic (exact) mass is 358 g/mol. The van der Waals surface area contributed by atoms with E-state index in [4.69, 9.17) is 0 Å². The van der Waals surface area contributed by atoms with Crippen LogP contribution in [0, 0.1) is 5.92 Å². The predicted octanol–water partition coefficient (Wildman–Crippen LogP) is 1.48. The summed E-state index contributed by atoms with van der Waals surface area (Å²) in [5.74, 6) is 2.14. The lowest BCUT2D eigenvalue weighted by Crippen LogP contribution is -2.51. The van der Waals surface area contributed by atoms with Gasteiger partial charge in [0.15, 0.2) is 0 Å². The molecule has 4 rings (SSSR count). The van der Waals surface area contributed by atoms with E-state index in [2.05, 4.69) is 30.4 Å². The third-order valence-corrected chi connectivity index (χ3v) is 5.91. The summed E-state index contributed by atoms with van der Waals surface area (Å²) in [6.07, 6.45) is 8.55. The minimum absolute atomic E-state index is 0.179. The fraction of sp³-hybridized carbons (Fsp3) is 0.737. The Morgan fingerprint density at radius 1 is 1.15 bits per heavy atom. The Kier molecular flexibility index (Phi) is 5.24. The SMILES string of the molecule is CNc1ccnc(N2CCC(N3CCCC(C(=O)NC4CC4)C3)CC2)n1. The number of likely N-dealkylation sites (tertiary alicyclic amines) is 1. The van der Waals surface area contributed by atoms with E-state index >= 15 is 0 Å². The number of rotatable bonds is 5. The highest BCUT2D eigenvalue weighted by Crippen LogP contribution is 2.27. The van der Waals surface area contributed by atoms with Crippen LogP contribution >= 0.6 is 0 Å². The smallest absolute Gasteiger partial charge is 0.227 e. The molecule has 7 nitrogen and oxygen atoms in total. The van der Waals surface area contributed by atoms with Gasteiger partial charge in [0.2, 0.25) is 11.9 Å². The standard InChI is InChI=1S/C19H30N6O/c1-20-17-6-9-21-19(23-17)24-11-7-16(8-12-24)25-10-2-3-14(13-25)18(26)22-15-4-5-15/h6,9,14-16H,2-5,7-8,10-13H2,1H3,(H,22,26)(H,20,21,23). The molecule has 3 heterocycles. The summed E-state index contributed by atoms with van der Waals surface area (Å²) >= 11 is 0. The number of hydrogen-bond acceptors (Lipinski definition) is 6. The average Bonchev–Trinajstić information content (AvgIpc) is 3.52. The van der Waals surface area contributed by atoms with E-state index in [0.717, 1.165) is 76.5 Å². The van der Waals surface area contributed by atoms with Crippen LogP contribution in [0.2, 0.25) is 0 Å². The van der Waals surface area contributed by atoms with Crippen molar-refractivity contribution in [1.82, 2.24) is 20.2 Å². The summed E-state index contributed by atoms with van der Waals surface area (Å²) in [5, 5.41) is 6.27. The molecule has 26 heavy (non-hydrogen) atoms. The van der Waals surface area contributed by atoms with Crippen molar-refractivity contribution in [2.75, 3.05) is 43.4 Å². The molecule has 1 amide bonds. The van der Waals surface area contributed by atoms with Crippen molar-refractivity contribution in [1.29, 1.82) is 0 Å². The number of aromatic nitrogens is 2. The number of hydrogen-bond donors (Lipinski definition) is 2. The second kappa shape index (κ2) is 7.78. The molecule has 2 N–H and O–H groups in total. The lowest BCUT2D eigenvalue weighted by molar-refractivity contribution is -0.127. The van der Waals surface area contributed by atoms with Gasteiger partial charge in [-0.1, -0.05) is 0 Å². The van der Waals surface area contributed by atoms with Crippen molar-refractivity contribution >= 4 is 17.7 Å². The van der Waals surface area contributed by atoms with Crippen LogP contribution in [0.3, 0.4) is 0 Å². The molecule has 1 unspecified atom stereocenters. The van der Waals surface area contributed by atoms with Gasteiger partial charge in [-0.15, -0.1) is 0 Å². The Balaban J connectivity index is 1.30. The highest BCUT2D eigenvalue weighted by atomic mass is 16.2. The van der Waals surface area contributed by atoms with Crippen molar-refractivity contribution in [3.63, 3.8) is 0 Å². The molecule has 7 heteroatoms. The maximum atomic E-state index is 12.4. The van der Waals surface area contributed by atoms with E-state index in [0.29, 0.717) is 12.1 Å². The molecule has 1 saturated carbocycles. The molecule has 0 radical (unpaired) electrons. The third kappa shape index (κ3) is 4.09. The van der Waals surface area contributed by atoms with Crippen LogP contribution in [0.5, 0.6) is 0 Å². The molecular formula is C19H30N6O. The Morgan fingerprint density at radius 2 is 1.96 bits per heavy atom. The van der Waals surface area contributed by atoms with E-state index < -0.39 is 0 Å². The number of piperidine rings is 2. The van der Waals surface area contributed by atoms with E-state index in [-0.39, 0.29) is 11.8 Å². The van der Waals surface area contributed by atoms with Crippen LogP contribution in [0.15, 0.2) is 12.3 Å². The molecule has 1 aliphatic carbocycles. The van der Waals surface area contributed by atoms with Gasteiger partial charge >= 0.3 is 0 Å². The predicted molar refractivity (Wildman–Crippen MR) is 102 cm³/mol. The van der Waals surface area contributed by atoms with E-state index in [1.165, 1.54) is 0 Å². The maximum absolute atomic E-state index is 12.4. The number of nitrogens with one attached hydrogen (secondary N) is 2. The zero-order valence-corrected chi connectivity index (χ0v) is 15.7. The molecule has 0 aromatic carbocycles. The van der Waals surface area contributed by atoms with Crippen molar-refractivity contribution in [2.24, 2.45) is 5.92 Å². The first kappa shape index (κ1) is 17.5.